The Morgan fingerprint density at radius 1 is 1.17 bits per heavy atom. The molecule has 0 aliphatic carbocycles. The minimum absolute atomic E-state index is 0.0464. The highest BCUT2D eigenvalue weighted by Crippen LogP contribution is 2.31. The molecule has 0 atom stereocenters. The molecule has 2 amide bonds. The highest BCUT2D eigenvalue weighted by Gasteiger charge is 2.35. The van der Waals surface area contributed by atoms with Crippen LogP contribution in [0.3, 0.4) is 0 Å². The normalized spacial score (nSPS) is 14.2. The summed E-state index contributed by atoms with van der Waals surface area (Å²) in [6.07, 6.45) is 5.28. The molecule has 0 spiro atoms. The summed E-state index contributed by atoms with van der Waals surface area (Å²) in [4.78, 5) is 38.3. The number of hydrogen-bond donors (Lipinski definition) is 2. The predicted molar refractivity (Wildman–Crippen MR) is 157 cm³/mol. The molecule has 3 rings (SSSR count). The fraction of sp³-hybridized carbons (Fsp3) is 0.433. The Morgan fingerprint density at radius 2 is 1.88 bits per heavy atom. The maximum Gasteiger partial charge on any atom is 0.251 e. The lowest BCUT2D eigenvalue weighted by Crippen LogP contribution is -2.40. The van der Waals surface area contributed by atoms with E-state index < -0.39 is 5.92 Å². The number of carbonyl (C=O) groups excluding carboxylic acids is 2. The summed E-state index contributed by atoms with van der Waals surface area (Å²) in [7, 11) is 5.37. The molecule has 2 aromatic rings. The first-order valence-electron chi connectivity index (χ1n) is 13.7. The lowest BCUT2D eigenvalue weighted by atomic mass is 10.1. The maximum absolute atomic E-state index is 13.8. The van der Waals surface area contributed by atoms with Crippen LogP contribution in [0.1, 0.15) is 36.8 Å². The zero-order chi connectivity index (χ0) is 30.5. The second-order valence-corrected chi connectivity index (χ2v) is 10.2. The van der Waals surface area contributed by atoms with E-state index >= 15 is 0 Å². The fourth-order valence-corrected chi connectivity index (χ4v) is 3.97. The summed E-state index contributed by atoms with van der Waals surface area (Å²) in [5, 5.41) is 14.9. The van der Waals surface area contributed by atoms with Crippen molar-refractivity contribution in [2.45, 2.75) is 31.6 Å². The molecule has 0 unspecified atom stereocenters. The molecule has 1 aliphatic rings. The third-order valence-electron chi connectivity index (χ3n) is 6.35. The van der Waals surface area contributed by atoms with Gasteiger partial charge in [-0.1, -0.05) is 17.9 Å². The molecular weight excluding hydrogens is 542 g/mol. The second kappa shape index (κ2) is 15.5. The van der Waals surface area contributed by atoms with Crippen molar-refractivity contribution >= 4 is 29.3 Å². The summed E-state index contributed by atoms with van der Waals surface area (Å²) < 4.78 is 27.6. The van der Waals surface area contributed by atoms with Crippen LogP contribution in [-0.4, -0.2) is 91.4 Å². The van der Waals surface area contributed by atoms with Crippen molar-refractivity contribution < 1.29 is 18.4 Å². The number of benzene rings is 1. The highest BCUT2D eigenvalue weighted by molar-refractivity contribution is 5.91. The van der Waals surface area contributed by atoms with Gasteiger partial charge < -0.3 is 25.3 Å². The summed E-state index contributed by atoms with van der Waals surface area (Å²) in [6, 6.07) is 8.86. The van der Waals surface area contributed by atoms with Crippen LogP contribution in [0.4, 0.5) is 26.2 Å². The minimum atomic E-state index is -2.70. The van der Waals surface area contributed by atoms with Crippen molar-refractivity contribution in [1.29, 1.82) is 5.26 Å². The van der Waals surface area contributed by atoms with Gasteiger partial charge in [-0.05, 0) is 44.8 Å². The van der Waals surface area contributed by atoms with Gasteiger partial charge in [0.2, 0.25) is 17.8 Å². The number of likely N-dealkylation sites (N-methyl/N-ethyl adjacent to an activating group) is 2. The van der Waals surface area contributed by atoms with Crippen molar-refractivity contribution in [2.24, 2.45) is 0 Å². The Morgan fingerprint density at radius 3 is 2.55 bits per heavy atom. The van der Waals surface area contributed by atoms with Gasteiger partial charge in [-0.2, -0.15) is 10.2 Å². The Hall–Kier alpha value is -4.55. The van der Waals surface area contributed by atoms with Crippen LogP contribution in [0.5, 0.6) is 0 Å². The molecule has 0 radical (unpaired) electrons. The van der Waals surface area contributed by atoms with Gasteiger partial charge in [0, 0.05) is 64.3 Å². The summed E-state index contributed by atoms with van der Waals surface area (Å²) in [6.45, 7) is 1.26. The zero-order valence-corrected chi connectivity index (χ0v) is 24.2. The Kier molecular flexibility index (Phi) is 11.8. The van der Waals surface area contributed by atoms with Crippen LogP contribution in [0.25, 0.3) is 0 Å². The summed E-state index contributed by atoms with van der Waals surface area (Å²) in [5.41, 5.74) is 1.73. The monoisotopic (exact) mass is 578 g/mol. The molecule has 1 fully saturated rings. The Balaban J connectivity index is 1.57. The number of nitrogens with zero attached hydrogens (tertiary/aromatic N) is 6. The lowest BCUT2D eigenvalue weighted by molar-refractivity contribution is -0.131. The van der Waals surface area contributed by atoms with Gasteiger partial charge in [0.05, 0.1) is 29.9 Å². The van der Waals surface area contributed by atoms with Crippen molar-refractivity contribution in [2.75, 3.05) is 64.1 Å². The number of carbonyl (C=O) groups is 2. The van der Waals surface area contributed by atoms with Gasteiger partial charge in [0.15, 0.2) is 0 Å². The van der Waals surface area contributed by atoms with Crippen molar-refractivity contribution in [3.8, 4) is 17.9 Å². The van der Waals surface area contributed by atoms with Crippen LogP contribution in [0.15, 0.2) is 42.6 Å². The van der Waals surface area contributed by atoms with E-state index in [2.05, 4.69) is 38.5 Å². The van der Waals surface area contributed by atoms with Crippen molar-refractivity contribution in [3.63, 3.8) is 0 Å². The number of piperidine rings is 1. The summed E-state index contributed by atoms with van der Waals surface area (Å²) >= 11 is 0. The molecule has 222 valence electrons. The third kappa shape index (κ3) is 10.5. The molecular formula is C30H36F2N8O2. The van der Waals surface area contributed by atoms with Gasteiger partial charge in [0.1, 0.15) is 5.82 Å². The molecule has 1 aromatic heterocycles. The van der Waals surface area contributed by atoms with E-state index in [1.807, 2.05) is 19.0 Å². The number of amides is 2. The number of halogens is 2. The van der Waals surface area contributed by atoms with E-state index in [-0.39, 0.29) is 50.2 Å². The van der Waals surface area contributed by atoms with Crippen LogP contribution in [-0.2, 0) is 9.59 Å². The topological polar surface area (TPSA) is 117 Å². The first-order chi connectivity index (χ1) is 20.1. The fourth-order valence-electron chi connectivity index (χ4n) is 3.97. The Bertz CT molecular complexity index is 1350. The van der Waals surface area contributed by atoms with Gasteiger partial charge in [-0.25, -0.2) is 13.8 Å². The third-order valence-corrected chi connectivity index (χ3v) is 6.35. The lowest BCUT2D eigenvalue weighted by Gasteiger charge is -2.33. The van der Waals surface area contributed by atoms with Gasteiger partial charge in [-0.15, -0.1) is 0 Å². The van der Waals surface area contributed by atoms with Gasteiger partial charge >= 0.3 is 0 Å². The number of rotatable bonds is 11. The average molecular weight is 579 g/mol. The smallest absolute Gasteiger partial charge is 0.251 e. The van der Waals surface area contributed by atoms with Gasteiger partial charge in [0.25, 0.3) is 5.92 Å². The van der Waals surface area contributed by atoms with E-state index in [1.54, 1.807) is 48.5 Å². The quantitative estimate of drug-likeness (QED) is 0.237. The largest absolute Gasteiger partial charge is 0.355 e. The number of alkyl halides is 2. The number of nitrogens with one attached hydrogen (secondary N) is 2. The van der Waals surface area contributed by atoms with E-state index in [4.69, 9.17) is 5.26 Å². The SMILES string of the molecule is CN(C)C/C=C/C(=O)N(C)CC(=O)NCCCC#Cc1cnc(Nc2ccc(C#N)cc2)nc1N1CCC(F)(F)CC1. The molecule has 2 N–H and O–H groups in total. The van der Waals surface area contributed by atoms with E-state index in [0.29, 0.717) is 48.6 Å². The standard InChI is InChI=1S/C30H36F2N8O2/c1-38(2)17-7-9-27(42)39(3)22-26(41)34-16-6-4-5-8-24-21-35-29(36-25-12-10-23(20-33)11-13-25)37-28(24)40-18-14-30(31,32)15-19-40/h7,9-13,21H,4,6,14-19,22H2,1-3H3,(H,34,41)(H,35,36,37)/b9-7+. The molecule has 12 heteroatoms. The molecule has 42 heavy (non-hydrogen) atoms. The molecule has 10 nitrogen and oxygen atoms in total. The van der Waals surface area contributed by atoms with Crippen LogP contribution < -0.4 is 15.5 Å². The van der Waals surface area contributed by atoms with Crippen LogP contribution >= 0.6 is 0 Å². The first kappa shape index (κ1) is 32.0. The molecule has 2 heterocycles. The first-order valence-corrected chi connectivity index (χ1v) is 13.7. The number of unbranched alkanes of at least 4 members (excludes halogenated alkanes) is 1. The maximum atomic E-state index is 13.8. The molecule has 0 bridgehead atoms. The highest BCUT2D eigenvalue weighted by atomic mass is 19.3. The number of anilines is 3. The minimum Gasteiger partial charge on any atom is -0.355 e. The Labute approximate surface area is 245 Å². The average Bonchev–Trinajstić information content (AvgIpc) is 2.95. The zero-order valence-electron chi connectivity index (χ0n) is 24.2. The predicted octanol–water partition coefficient (Wildman–Crippen LogP) is 3.15. The molecule has 1 aliphatic heterocycles. The number of nitriles is 1. The van der Waals surface area contributed by atoms with Crippen molar-refractivity contribution in [1.82, 2.24) is 25.1 Å². The number of aromatic nitrogens is 2. The molecule has 0 saturated carbocycles. The second-order valence-electron chi connectivity index (χ2n) is 10.2. The van der Waals surface area contributed by atoms with Crippen LogP contribution in [0, 0.1) is 23.2 Å². The number of hydrogen-bond acceptors (Lipinski definition) is 8. The van der Waals surface area contributed by atoms with Crippen LogP contribution in [0.2, 0.25) is 0 Å². The molecule has 1 saturated heterocycles. The molecule has 1 aromatic carbocycles. The van der Waals surface area contributed by atoms with E-state index in [9.17, 15) is 18.4 Å². The van der Waals surface area contributed by atoms with Crippen molar-refractivity contribution in [3.05, 3.63) is 53.7 Å². The van der Waals surface area contributed by atoms with E-state index in [1.165, 1.54) is 11.0 Å². The van der Waals surface area contributed by atoms with E-state index in [0.717, 1.165) is 0 Å². The van der Waals surface area contributed by atoms with Gasteiger partial charge in [-0.3, -0.25) is 9.59 Å². The summed E-state index contributed by atoms with van der Waals surface area (Å²) in [5.74, 6) is 3.67.